The van der Waals surface area contributed by atoms with Gasteiger partial charge in [0, 0.05) is 24.7 Å². The highest BCUT2D eigenvalue weighted by Gasteiger charge is 2.12. The minimum Gasteiger partial charge on any atom is -0.314 e. The minimum absolute atomic E-state index is 0.603. The second-order valence-corrected chi connectivity index (χ2v) is 5.09. The summed E-state index contributed by atoms with van der Waals surface area (Å²) in [6.07, 6.45) is 6.16. The molecule has 3 nitrogen and oxygen atoms in total. The second-order valence-electron chi connectivity index (χ2n) is 5.09. The quantitative estimate of drug-likeness (QED) is 0.729. The molecule has 1 aromatic heterocycles. The molecule has 1 aromatic rings. The molecule has 1 rings (SSSR count). The monoisotopic (exact) mass is 251 g/mol. The first-order chi connectivity index (χ1) is 8.71. The molecule has 104 valence electrons. The maximum Gasteiger partial charge on any atom is 0.0596 e. The summed E-state index contributed by atoms with van der Waals surface area (Å²) in [5.74, 6) is 0. The Bertz CT molecular complexity index is 322. The molecule has 3 heteroatoms. The first-order valence-corrected chi connectivity index (χ1v) is 7.47. The normalized spacial score (nSPS) is 12.9. The van der Waals surface area contributed by atoms with Gasteiger partial charge in [-0.15, -0.1) is 0 Å². The van der Waals surface area contributed by atoms with Crippen molar-refractivity contribution >= 4 is 0 Å². The Balaban J connectivity index is 2.61. The third-order valence-electron chi connectivity index (χ3n) is 3.33. The smallest absolute Gasteiger partial charge is 0.0596 e. The molecule has 0 aliphatic heterocycles. The van der Waals surface area contributed by atoms with Crippen molar-refractivity contribution < 1.29 is 0 Å². The summed E-state index contributed by atoms with van der Waals surface area (Å²) < 4.78 is 2.14. The van der Waals surface area contributed by atoms with Crippen molar-refractivity contribution in [3.05, 3.63) is 17.5 Å². The van der Waals surface area contributed by atoms with E-state index < -0.39 is 0 Å². The van der Waals surface area contributed by atoms with E-state index in [1.807, 2.05) is 0 Å². The van der Waals surface area contributed by atoms with E-state index in [9.17, 15) is 0 Å². The van der Waals surface area contributed by atoms with E-state index in [1.54, 1.807) is 0 Å². The van der Waals surface area contributed by atoms with Crippen molar-refractivity contribution in [3.8, 4) is 0 Å². The maximum atomic E-state index is 4.53. The average Bonchev–Trinajstić information content (AvgIpc) is 2.72. The van der Waals surface area contributed by atoms with E-state index in [2.05, 4.69) is 48.9 Å². The zero-order valence-corrected chi connectivity index (χ0v) is 12.5. The lowest BCUT2D eigenvalue weighted by atomic mass is 10.0. The molecule has 0 aliphatic carbocycles. The Morgan fingerprint density at radius 2 is 2.06 bits per heavy atom. The number of nitrogens with zero attached hydrogens (tertiary/aromatic N) is 2. The fourth-order valence-corrected chi connectivity index (χ4v) is 2.36. The van der Waals surface area contributed by atoms with Crippen molar-refractivity contribution in [2.24, 2.45) is 0 Å². The summed E-state index contributed by atoms with van der Waals surface area (Å²) in [5.41, 5.74) is 2.51. The van der Waals surface area contributed by atoms with Crippen LogP contribution in [-0.4, -0.2) is 22.4 Å². The number of rotatable bonds is 9. The molecule has 1 atom stereocenters. The van der Waals surface area contributed by atoms with Gasteiger partial charge < -0.3 is 5.32 Å². The molecule has 1 unspecified atom stereocenters. The van der Waals surface area contributed by atoms with Gasteiger partial charge in [-0.2, -0.15) is 5.10 Å². The van der Waals surface area contributed by atoms with E-state index in [0.29, 0.717) is 6.04 Å². The van der Waals surface area contributed by atoms with Gasteiger partial charge in [0.2, 0.25) is 0 Å². The third-order valence-corrected chi connectivity index (χ3v) is 3.33. The van der Waals surface area contributed by atoms with Crippen molar-refractivity contribution in [2.75, 3.05) is 6.54 Å². The lowest BCUT2D eigenvalue weighted by molar-refractivity contribution is 0.447. The summed E-state index contributed by atoms with van der Waals surface area (Å²) >= 11 is 0. The summed E-state index contributed by atoms with van der Waals surface area (Å²) in [7, 11) is 0. The van der Waals surface area contributed by atoms with Crippen LogP contribution in [0.1, 0.15) is 57.8 Å². The Labute approximate surface area is 112 Å². The van der Waals surface area contributed by atoms with Crippen LogP contribution in [0.3, 0.4) is 0 Å². The highest BCUT2D eigenvalue weighted by Crippen LogP contribution is 2.11. The van der Waals surface area contributed by atoms with E-state index in [-0.39, 0.29) is 0 Å². The van der Waals surface area contributed by atoms with Crippen LogP contribution in [0, 0.1) is 6.92 Å². The van der Waals surface area contributed by atoms with Crippen LogP contribution >= 0.6 is 0 Å². The van der Waals surface area contributed by atoms with Crippen LogP contribution in [0.25, 0.3) is 0 Å². The highest BCUT2D eigenvalue weighted by molar-refractivity contribution is 5.10. The SMILES string of the molecule is CCCCC(Cc1cc(C)nn1CC)NCCC. The summed E-state index contributed by atoms with van der Waals surface area (Å²) in [5, 5.41) is 8.20. The standard InChI is InChI=1S/C15H29N3/c1-5-8-9-14(16-10-6-2)12-15-11-13(4)17-18(15)7-3/h11,14,16H,5-10,12H2,1-4H3. The Kier molecular flexibility index (Phi) is 7.02. The van der Waals surface area contributed by atoms with Crippen molar-refractivity contribution in [1.29, 1.82) is 0 Å². The number of nitrogens with one attached hydrogen (secondary N) is 1. The number of hydrogen-bond acceptors (Lipinski definition) is 2. The predicted molar refractivity (Wildman–Crippen MR) is 77.9 cm³/mol. The van der Waals surface area contributed by atoms with Gasteiger partial charge in [-0.25, -0.2) is 0 Å². The predicted octanol–water partition coefficient (Wildman–Crippen LogP) is 3.31. The van der Waals surface area contributed by atoms with Crippen LogP contribution in [0.2, 0.25) is 0 Å². The van der Waals surface area contributed by atoms with E-state index in [4.69, 9.17) is 0 Å². The summed E-state index contributed by atoms with van der Waals surface area (Å²) in [4.78, 5) is 0. The molecular formula is C15H29N3. The molecule has 0 amide bonds. The topological polar surface area (TPSA) is 29.9 Å². The van der Waals surface area contributed by atoms with Gasteiger partial charge in [-0.05, 0) is 39.3 Å². The van der Waals surface area contributed by atoms with Crippen molar-refractivity contribution in [3.63, 3.8) is 0 Å². The first kappa shape index (κ1) is 15.2. The zero-order valence-electron chi connectivity index (χ0n) is 12.5. The molecule has 0 spiro atoms. The fraction of sp³-hybridized carbons (Fsp3) is 0.800. The fourth-order valence-electron chi connectivity index (χ4n) is 2.36. The van der Waals surface area contributed by atoms with E-state index >= 15 is 0 Å². The van der Waals surface area contributed by atoms with Gasteiger partial charge in [0.25, 0.3) is 0 Å². The highest BCUT2D eigenvalue weighted by atomic mass is 15.3. The van der Waals surface area contributed by atoms with Gasteiger partial charge in [-0.3, -0.25) is 4.68 Å². The van der Waals surface area contributed by atoms with Gasteiger partial charge >= 0.3 is 0 Å². The van der Waals surface area contributed by atoms with Crippen molar-refractivity contribution in [1.82, 2.24) is 15.1 Å². The van der Waals surface area contributed by atoms with E-state index in [0.717, 1.165) is 25.2 Å². The van der Waals surface area contributed by atoms with Crippen LogP contribution in [-0.2, 0) is 13.0 Å². The third kappa shape index (κ3) is 4.81. The molecule has 0 bridgehead atoms. The molecule has 0 saturated carbocycles. The number of hydrogen-bond donors (Lipinski definition) is 1. The maximum absolute atomic E-state index is 4.53. The summed E-state index contributed by atoms with van der Waals surface area (Å²) in [6.45, 7) is 10.8. The number of aryl methyl sites for hydroxylation is 2. The first-order valence-electron chi connectivity index (χ1n) is 7.47. The molecule has 0 radical (unpaired) electrons. The van der Waals surface area contributed by atoms with Crippen molar-refractivity contribution in [2.45, 2.75) is 72.4 Å². The van der Waals surface area contributed by atoms with Gasteiger partial charge in [-0.1, -0.05) is 26.7 Å². The summed E-state index contributed by atoms with van der Waals surface area (Å²) in [6, 6.07) is 2.84. The molecule has 1 N–H and O–H groups in total. The second kappa shape index (κ2) is 8.30. The molecule has 18 heavy (non-hydrogen) atoms. The Morgan fingerprint density at radius 3 is 2.67 bits per heavy atom. The average molecular weight is 251 g/mol. The molecule has 0 saturated heterocycles. The molecule has 0 aromatic carbocycles. The molecular weight excluding hydrogens is 222 g/mol. The largest absolute Gasteiger partial charge is 0.314 e. The van der Waals surface area contributed by atoms with Gasteiger partial charge in [0.1, 0.15) is 0 Å². The lowest BCUT2D eigenvalue weighted by Crippen LogP contribution is -2.32. The van der Waals surface area contributed by atoms with Crippen LogP contribution < -0.4 is 5.32 Å². The van der Waals surface area contributed by atoms with E-state index in [1.165, 1.54) is 31.4 Å². The lowest BCUT2D eigenvalue weighted by Gasteiger charge is -2.18. The molecule has 0 aliphatic rings. The van der Waals surface area contributed by atoms with Gasteiger partial charge in [0.15, 0.2) is 0 Å². The van der Waals surface area contributed by atoms with Crippen LogP contribution in [0.15, 0.2) is 6.07 Å². The molecule has 1 heterocycles. The molecule has 0 fully saturated rings. The number of unbranched alkanes of at least 4 members (excludes halogenated alkanes) is 1. The van der Waals surface area contributed by atoms with Crippen LogP contribution in [0.4, 0.5) is 0 Å². The minimum atomic E-state index is 0.603. The Hall–Kier alpha value is -0.830. The zero-order chi connectivity index (χ0) is 13.4. The van der Waals surface area contributed by atoms with Crippen LogP contribution in [0.5, 0.6) is 0 Å². The number of aromatic nitrogens is 2. The Morgan fingerprint density at radius 1 is 1.28 bits per heavy atom. The van der Waals surface area contributed by atoms with Gasteiger partial charge in [0.05, 0.1) is 5.69 Å².